The molecule has 3 rings (SSSR count). The largest absolute Gasteiger partial charge is 0.497 e. The number of hydrogen-bond acceptors (Lipinski definition) is 5. The Morgan fingerprint density at radius 3 is 2.21 bits per heavy atom. The SMILES string of the molecule is COc1ccc(OC)c(N2CCN(C(=O)Nc3ccc(N(C)C)cc3)CC2)c1. The van der Waals surface area contributed by atoms with Gasteiger partial charge in [-0.1, -0.05) is 0 Å². The molecule has 0 aromatic heterocycles. The monoisotopic (exact) mass is 384 g/mol. The molecule has 2 aromatic rings. The average Bonchev–Trinajstić information content (AvgIpc) is 2.73. The zero-order chi connectivity index (χ0) is 20.1. The van der Waals surface area contributed by atoms with E-state index in [1.165, 1.54) is 0 Å². The third-order valence-electron chi connectivity index (χ3n) is 4.93. The summed E-state index contributed by atoms with van der Waals surface area (Å²) in [5, 5.41) is 2.98. The molecule has 1 saturated heterocycles. The van der Waals surface area contributed by atoms with Crippen molar-refractivity contribution in [3.8, 4) is 11.5 Å². The number of rotatable bonds is 5. The normalized spacial score (nSPS) is 13.9. The Kier molecular flexibility index (Phi) is 6.13. The van der Waals surface area contributed by atoms with E-state index in [2.05, 4.69) is 10.2 Å². The van der Waals surface area contributed by atoms with Crippen molar-refractivity contribution in [3.05, 3.63) is 42.5 Å². The summed E-state index contributed by atoms with van der Waals surface area (Å²) in [7, 11) is 7.30. The van der Waals surface area contributed by atoms with Crippen molar-refractivity contribution in [3.63, 3.8) is 0 Å². The molecule has 0 bridgehead atoms. The minimum atomic E-state index is -0.0742. The van der Waals surface area contributed by atoms with Gasteiger partial charge in [-0.2, -0.15) is 0 Å². The minimum absolute atomic E-state index is 0.0742. The quantitative estimate of drug-likeness (QED) is 0.858. The molecule has 7 heteroatoms. The molecule has 150 valence electrons. The van der Waals surface area contributed by atoms with E-state index < -0.39 is 0 Å². The van der Waals surface area contributed by atoms with Gasteiger partial charge >= 0.3 is 6.03 Å². The number of piperazine rings is 1. The van der Waals surface area contributed by atoms with Crippen LogP contribution in [0.4, 0.5) is 21.9 Å². The van der Waals surface area contributed by atoms with Crippen LogP contribution >= 0.6 is 0 Å². The van der Waals surface area contributed by atoms with Crippen LogP contribution in [0.3, 0.4) is 0 Å². The lowest BCUT2D eigenvalue weighted by Crippen LogP contribution is -2.50. The van der Waals surface area contributed by atoms with Crippen LogP contribution in [-0.2, 0) is 0 Å². The Morgan fingerprint density at radius 1 is 0.964 bits per heavy atom. The Hall–Kier alpha value is -3.09. The first-order valence-electron chi connectivity index (χ1n) is 9.32. The molecular weight excluding hydrogens is 356 g/mol. The Bertz CT molecular complexity index is 800. The van der Waals surface area contributed by atoms with Crippen molar-refractivity contribution in [2.45, 2.75) is 0 Å². The maximum atomic E-state index is 12.6. The lowest BCUT2D eigenvalue weighted by Gasteiger charge is -2.36. The molecule has 0 saturated carbocycles. The van der Waals surface area contributed by atoms with E-state index in [-0.39, 0.29) is 6.03 Å². The molecule has 0 radical (unpaired) electrons. The predicted molar refractivity (Wildman–Crippen MR) is 113 cm³/mol. The summed E-state index contributed by atoms with van der Waals surface area (Å²) >= 11 is 0. The summed E-state index contributed by atoms with van der Waals surface area (Å²) in [4.78, 5) is 18.7. The van der Waals surface area contributed by atoms with Gasteiger partial charge < -0.3 is 29.5 Å². The van der Waals surface area contributed by atoms with E-state index in [1.807, 2.05) is 66.4 Å². The van der Waals surface area contributed by atoms with Gasteiger partial charge in [0.05, 0.1) is 19.9 Å². The van der Waals surface area contributed by atoms with Crippen LogP contribution < -0.4 is 24.6 Å². The van der Waals surface area contributed by atoms with Gasteiger partial charge in [0.2, 0.25) is 0 Å². The van der Waals surface area contributed by atoms with Crippen molar-refractivity contribution in [2.24, 2.45) is 0 Å². The number of carbonyl (C=O) groups excluding carboxylic acids is 1. The molecule has 1 aliphatic rings. The summed E-state index contributed by atoms with van der Waals surface area (Å²) in [6.07, 6.45) is 0. The maximum Gasteiger partial charge on any atom is 0.321 e. The molecule has 1 N–H and O–H groups in total. The van der Waals surface area contributed by atoms with Crippen LogP contribution in [0.5, 0.6) is 11.5 Å². The molecule has 28 heavy (non-hydrogen) atoms. The number of benzene rings is 2. The number of urea groups is 1. The second-order valence-corrected chi connectivity index (χ2v) is 6.88. The van der Waals surface area contributed by atoms with Gasteiger partial charge in [-0.15, -0.1) is 0 Å². The first kappa shape index (κ1) is 19.7. The molecule has 1 heterocycles. The van der Waals surface area contributed by atoms with Crippen molar-refractivity contribution in [2.75, 3.05) is 69.6 Å². The molecule has 0 unspecified atom stereocenters. The van der Waals surface area contributed by atoms with Crippen LogP contribution in [-0.4, -0.2) is 65.4 Å². The third-order valence-corrected chi connectivity index (χ3v) is 4.93. The number of hydrogen-bond donors (Lipinski definition) is 1. The summed E-state index contributed by atoms with van der Waals surface area (Å²) in [5.41, 5.74) is 2.88. The average molecular weight is 384 g/mol. The molecule has 1 aliphatic heterocycles. The second-order valence-electron chi connectivity index (χ2n) is 6.88. The molecule has 1 fully saturated rings. The number of ether oxygens (including phenoxy) is 2. The van der Waals surface area contributed by atoms with E-state index in [0.717, 1.165) is 41.7 Å². The van der Waals surface area contributed by atoms with Crippen molar-refractivity contribution in [1.82, 2.24) is 4.90 Å². The number of amides is 2. The Balaban J connectivity index is 1.60. The number of methoxy groups -OCH3 is 2. The molecule has 7 nitrogen and oxygen atoms in total. The number of nitrogens with one attached hydrogen (secondary N) is 1. The van der Waals surface area contributed by atoms with Gasteiger partial charge in [-0.3, -0.25) is 0 Å². The van der Waals surface area contributed by atoms with Crippen LogP contribution in [0.25, 0.3) is 0 Å². The van der Waals surface area contributed by atoms with E-state index >= 15 is 0 Å². The zero-order valence-corrected chi connectivity index (χ0v) is 16.9. The van der Waals surface area contributed by atoms with Gasteiger partial charge in [0.25, 0.3) is 0 Å². The highest BCUT2D eigenvalue weighted by molar-refractivity contribution is 5.89. The minimum Gasteiger partial charge on any atom is -0.497 e. The van der Waals surface area contributed by atoms with Crippen molar-refractivity contribution < 1.29 is 14.3 Å². The van der Waals surface area contributed by atoms with Gasteiger partial charge in [0.15, 0.2) is 0 Å². The fourth-order valence-corrected chi connectivity index (χ4v) is 3.24. The van der Waals surface area contributed by atoms with Gasteiger partial charge in [-0.25, -0.2) is 4.79 Å². The van der Waals surface area contributed by atoms with Crippen LogP contribution in [0, 0.1) is 0 Å². The van der Waals surface area contributed by atoms with Crippen LogP contribution in [0.15, 0.2) is 42.5 Å². The number of anilines is 3. The van der Waals surface area contributed by atoms with E-state index in [0.29, 0.717) is 13.1 Å². The van der Waals surface area contributed by atoms with E-state index in [1.54, 1.807) is 14.2 Å². The van der Waals surface area contributed by atoms with Crippen molar-refractivity contribution >= 4 is 23.1 Å². The third kappa shape index (κ3) is 4.42. The molecule has 0 aliphatic carbocycles. The predicted octanol–water partition coefficient (Wildman–Crippen LogP) is 3.12. The highest BCUT2D eigenvalue weighted by atomic mass is 16.5. The van der Waals surface area contributed by atoms with Gasteiger partial charge in [0.1, 0.15) is 11.5 Å². The second kappa shape index (κ2) is 8.73. The van der Waals surface area contributed by atoms with Gasteiger partial charge in [0, 0.05) is 57.7 Å². The first-order valence-corrected chi connectivity index (χ1v) is 9.32. The Labute approximate surface area is 166 Å². The van der Waals surface area contributed by atoms with Crippen LogP contribution in [0.1, 0.15) is 0 Å². The molecule has 2 aromatic carbocycles. The Morgan fingerprint density at radius 2 is 1.64 bits per heavy atom. The molecular formula is C21H28N4O3. The lowest BCUT2D eigenvalue weighted by molar-refractivity contribution is 0.208. The van der Waals surface area contributed by atoms with E-state index in [9.17, 15) is 4.79 Å². The lowest BCUT2D eigenvalue weighted by atomic mass is 10.2. The summed E-state index contributed by atoms with van der Waals surface area (Å²) < 4.78 is 10.8. The van der Waals surface area contributed by atoms with Crippen LogP contribution in [0.2, 0.25) is 0 Å². The number of nitrogens with zero attached hydrogens (tertiary/aromatic N) is 3. The summed E-state index contributed by atoms with van der Waals surface area (Å²) in [6, 6.07) is 13.5. The molecule has 0 atom stereocenters. The summed E-state index contributed by atoms with van der Waals surface area (Å²) in [6.45, 7) is 2.75. The zero-order valence-electron chi connectivity index (χ0n) is 16.9. The molecule has 2 amide bonds. The maximum absolute atomic E-state index is 12.6. The summed E-state index contributed by atoms with van der Waals surface area (Å²) in [5.74, 6) is 1.59. The van der Waals surface area contributed by atoms with Crippen molar-refractivity contribution in [1.29, 1.82) is 0 Å². The highest BCUT2D eigenvalue weighted by Crippen LogP contribution is 2.33. The highest BCUT2D eigenvalue weighted by Gasteiger charge is 2.23. The topological polar surface area (TPSA) is 57.3 Å². The number of carbonyl (C=O) groups is 1. The first-order chi connectivity index (χ1) is 13.5. The fourth-order valence-electron chi connectivity index (χ4n) is 3.24. The smallest absolute Gasteiger partial charge is 0.321 e. The standard InChI is InChI=1S/C21H28N4O3/c1-23(2)17-7-5-16(6-8-17)22-21(26)25-13-11-24(12-14-25)19-15-18(27-3)9-10-20(19)28-4/h5-10,15H,11-14H2,1-4H3,(H,22,26). The molecule has 0 spiro atoms. The van der Waals surface area contributed by atoms with Gasteiger partial charge in [-0.05, 0) is 36.4 Å². The fraction of sp³-hybridized carbons (Fsp3) is 0.381. The van der Waals surface area contributed by atoms with E-state index in [4.69, 9.17) is 9.47 Å².